The molecule has 1 saturated carbocycles. The molecule has 0 aliphatic heterocycles. The fourth-order valence-corrected chi connectivity index (χ4v) is 3.48. The van der Waals surface area contributed by atoms with Crippen LogP contribution in [-0.4, -0.2) is 21.7 Å². The van der Waals surface area contributed by atoms with E-state index in [-0.39, 0.29) is 11.9 Å². The molecular formula is C19H14BrCl2N3O. The maximum atomic E-state index is 12.7. The molecule has 0 unspecified atom stereocenters. The van der Waals surface area contributed by atoms with Gasteiger partial charge in [0.05, 0.1) is 28.2 Å². The van der Waals surface area contributed by atoms with Gasteiger partial charge in [-0.25, -0.2) is 4.68 Å². The third kappa shape index (κ3) is 3.52. The first-order chi connectivity index (χ1) is 12.5. The van der Waals surface area contributed by atoms with Crippen molar-refractivity contribution in [3.8, 4) is 16.9 Å². The van der Waals surface area contributed by atoms with Gasteiger partial charge in [0.1, 0.15) is 0 Å². The van der Waals surface area contributed by atoms with Crippen molar-refractivity contribution in [3.05, 3.63) is 68.7 Å². The number of hydrogen-bond donors (Lipinski definition) is 1. The monoisotopic (exact) mass is 449 g/mol. The Hall–Kier alpha value is -1.82. The summed E-state index contributed by atoms with van der Waals surface area (Å²) in [5.41, 5.74) is 2.75. The van der Waals surface area contributed by atoms with Crippen molar-refractivity contribution in [1.82, 2.24) is 15.1 Å². The molecule has 132 valence electrons. The molecule has 1 aromatic heterocycles. The van der Waals surface area contributed by atoms with Gasteiger partial charge in [-0.2, -0.15) is 5.10 Å². The number of benzene rings is 2. The van der Waals surface area contributed by atoms with Crippen LogP contribution in [-0.2, 0) is 0 Å². The zero-order valence-corrected chi connectivity index (χ0v) is 16.6. The number of rotatable bonds is 4. The number of aromatic nitrogens is 2. The van der Waals surface area contributed by atoms with Crippen LogP contribution in [0, 0.1) is 0 Å². The van der Waals surface area contributed by atoms with E-state index in [0.29, 0.717) is 27.0 Å². The molecule has 3 aromatic rings. The maximum absolute atomic E-state index is 12.7. The Bertz CT molecular complexity index is 981. The highest BCUT2D eigenvalue weighted by molar-refractivity contribution is 9.10. The van der Waals surface area contributed by atoms with Crippen molar-refractivity contribution in [2.24, 2.45) is 0 Å². The van der Waals surface area contributed by atoms with Crippen LogP contribution in [0.3, 0.4) is 0 Å². The quantitative estimate of drug-likeness (QED) is 0.570. The van der Waals surface area contributed by atoms with Gasteiger partial charge in [-0.15, -0.1) is 0 Å². The summed E-state index contributed by atoms with van der Waals surface area (Å²) in [7, 11) is 0. The van der Waals surface area contributed by atoms with Crippen molar-refractivity contribution in [3.63, 3.8) is 0 Å². The van der Waals surface area contributed by atoms with Crippen LogP contribution in [0.2, 0.25) is 10.0 Å². The second-order valence-electron chi connectivity index (χ2n) is 6.17. The number of carbonyl (C=O) groups is 1. The van der Waals surface area contributed by atoms with Gasteiger partial charge in [0.2, 0.25) is 0 Å². The molecule has 1 aliphatic rings. The summed E-state index contributed by atoms with van der Waals surface area (Å²) in [5, 5.41) is 8.48. The molecule has 7 heteroatoms. The van der Waals surface area contributed by atoms with E-state index < -0.39 is 0 Å². The lowest BCUT2D eigenvalue weighted by molar-refractivity contribution is 0.0951. The molecule has 0 radical (unpaired) electrons. The zero-order chi connectivity index (χ0) is 18.3. The number of amides is 1. The molecule has 1 N–H and O–H groups in total. The van der Waals surface area contributed by atoms with Gasteiger partial charge >= 0.3 is 0 Å². The first-order valence-electron chi connectivity index (χ1n) is 8.13. The van der Waals surface area contributed by atoms with E-state index in [1.165, 1.54) is 0 Å². The molecule has 0 spiro atoms. The van der Waals surface area contributed by atoms with Gasteiger partial charge in [0.25, 0.3) is 5.91 Å². The van der Waals surface area contributed by atoms with Crippen molar-refractivity contribution in [2.45, 2.75) is 18.9 Å². The summed E-state index contributed by atoms with van der Waals surface area (Å²) >= 11 is 15.8. The fourth-order valence-electron chi connectivity index (χ4n) is 2.73. The summed E-state index contributed by atoms with van der Waals surface area (Å²) in [6.07, 6.45) is 3.63. The van der Waals surface area contributed by atoms with Gasteiger partial charge in [-0.05, 0) is 43.2 Å². The average molecular weight is 451 g/mol. The van der Waals surface area contributed by atoms with Crippen LogP contribution in [0.1, 0.15) is 23.2 Å². The Balaban J connectivity index is 1.86. The van der Waals surface area contributed by atoms with Gasteiger partial charge in [0.15, 0.2) is 0 Å². The zero-order valence-electron chi connectivity index (χ0n) is 13.5. The molecule has 26 heavy (non-hydrogen) atoms. The van der Waals surface area contributed by atoms with Crippen LogP contribution in [0.15, 0.2) is 53.1 Å². The lowest BCUT2D eigenvalue weighted by atomic mass is 10.1. The van der Waals surface area contributed by atoms with Gasteiger partial charge in [-0.1, -0.05) is 51.3 Å². The van der Waals surface area contributed by atoms with E-state index in [1.807, 2.05) is 24.3 Å². The molecule has 4 nitrogen and oxygen atoms in total. The molecule has 0 atom stereocenters. The second-order valence-corrected chi connectivity index (χ2v) is 7.93. The van der Waals surface area contributed by atoms with E-state index >= 15 is 0 Å². The molecule has 0 saturated heterocycles. The highest BCUT2D eigenvalue weighted by Gasteiger charge is 2.27. The van der Waals surface area contributed by atoms with Crippen LogP contribution in [0.4, 0.5) is 0 Å². The summed E-state index contributed by atoms with van der Waals surface area (Å²) in [6.45, 7) is 0. The number of carbonyl (C=O) groups excluding carboxylic acids is 1. The Labute approximate surface area is 169 Å². The van der Waals surface area contributed by atoms with Crippen molar-refractivity contribution < 1.29 is 4.79 Å². The van der Waals surface area contributed by atoms with E-state index in [9.17, 15) is 4.79 Å². The van der Waals surface area contributed by atoms with Gasteiger partial charge in [0, 0.05) is 21.1 Å². The van der Waals surface area contributed by atoms with Crippen molar-refractivity contribution in [1.29, 1.82) is 0 Å². The number of nitrogens with one attached hydrogen (secondary N) is 1. The lowest BCUT2D eigenvalue weighted by Crippen LogP contribution is -2.25. The standard InChI is InChI=1S/C19H14BrCl2N3O/c20-12-3-1-11(2-4-12)18-15(19(26)24-14-6-7-14)10-23-25(18)17-8-5-13(21)9-16(17)22/h1-5,8-10,14H,6-7H2,(H,24,26). The van der Waals surface area contributed by atoms with E-state index in [2.05, 4.69) is 26.3 Å². The minimum atomic E-state index is -0.123. The van der Waals surface area contributed by atoms with Crippen LogP contribution < -0.4 is 5.32 Å². The van der Waals surface area contributed by atoms with Crippen molar-refractivity contribution in [2.75, 3.05) is 0 Å². The lowest BCUT2D eigenvalue weighted by Gasteiger charge is -2.12. The fraction of sp³-hybridized carbons (Fsp3) is 0.158. The van der Waals surface area contributed by atoms with Crippen LogP contribution in [0.5, 0.6) is 0 Å². The number of nitrogens with zero attached hydrogens (tertiary/aromatic N) is 2. The molecule has 1 fully saturated rings. The number of halogens is 3. The Morgan fingerprint density at radius 2 is 1.88 bits per heavy atom. The highest BCUT2D eigenvalue weighted by Crippen LogP contribution is 2.32. The third-order valence-corrected chi connectivity index (χ3v) is 5.25. The highest BCUT2D eigenvalue weighted by atomic mass is 79.9. The third-order valence-electron chi connectivity index (χ3n) is 4.18. The molecule has 2 aromatic carbocycles. The van der Waals surface area contributed by atoms with Crippen LogP contribution >= 0.6 is 39.1 Å². The Morgan fingerprint density at radius 3 is 2.54 bits per heavy atom. The van der Waals surface area contributed by atoms with Crippen LogP contribution in [0.25, 0.3) is 16.9 Å². The summed E-state index contributed by atoms with van der Waals surface area (Å²) in [4.78, 5) is 12.7. The predicted octanol–water partition coefficient (Wildman–Crippen LogP) is 5.50. The second kappa shape index (κ2) is 7.06. The van der Waals surface area contributed by atoms with Crippen molar-refractivity contribution >= 4 is 45.0 Å². The first kappa shape index (κ1) is 17.6. The normalized spacial score (nSPS) is 13.7. The average Bonchev–Trinajstić information content (AvgIpc) is 3.31. The van der Waals surface area contributed by atoms with Gasteiger partial charge in [-0.3, -0.25) is 4.79 Å². The predicted molar refractivity (Wildman–Crippen MR) is 107 cm³/mol. The molecule has 1 aliphatic carbocycles. The largest absolute Gasteiger partial charge is 0.349 e. The molecule has 1 amide bonds. The first-order valence-corrected chi connectivity index (χ1v) is 9.68. The van der Waals surface area contributed by atoms with E-state index in [0.717, 1.165) is 22.9 Å². The van der Waals surface area contributed by atoms with E-state index in [4.69, 9.17) is 23.2 Å². The molecule has 0 bridgehead atoms. The minimum Gasteiger partial charge on any atom is -0.349 e. The smallest absolute Gasteiger partial charge is 0.255 e. The summed E-state index contributed by atoms with van der Waals surface area (Å²) < 4.78 is 2.64. The summed E-state index contributed by atoms with van der Waals surface area (Å²) in [6, 6.07) is 13.2. The molecule has 4 rings (SSSR count). The van der Waals surface area contributed by atoms with E-state index in [1.54, 1.807) is 29.1 Å². The van der Waals surface area contributed by atoms with Gasteiger partial charge < -0.3 is 5.32 Å². The molecular weight excluding hydrogens is 437 g/mol. The maximum Gasteiger partial charge on any atom is 0.255 e. The Morgan fingerprint density at radius 1 is 1.15 bits per heavy atom. The number of hydrogen-bond acceptors (Lipinski definition) is 2. The topological polar surface area (TPSA) is 46.9 Å². The Kier molecular flexibility index (Phi) is 4.78. The molecule has 1 heterocycles. The minimum absolute atomic E-state index is 0.123. The summed E-state index contributed by atoms with van der Waals surface area (Å²) in [5.74, 6) is -0.123. The SMILES string of the molecule is O=C(NC1CC1)c1cnn(-c2ccc(Cl)cc2Cl)c1-c1ccc(Br)cc1.